The molecule has 1 aromatic carbocycles. The molecule has 194 valence electrons. The van der Waals surface area contributed by atoms with Gasteiger partial charge in [0.15, 0.2) is 9.54 Å². The van der Waals surface area contributed by atoms with Crippen LogP contribution < -0.4 is 16.0 Å². The van der Waals surface area contributed by atoms with Gasteiger partial charge in [-0.3, -0.25) is 27.9 Å². The van der Waals surface area contributed by atoms with Gasteiger partial charge in [0.2, 0.25) is 11.8 Å². The van der Waals surface area contributed by atoms with Gasteiger partial charge in [0.05, 0.1) is 17.0 Å². The van der Waals surface area contributed by atoms with E-state index < -0.39 is 17.0 Å². The largest absolute Gasteiger partial charge is 0.494 e. The minimum Gasteiger partial charge on any atom is -0.494 e. The summed E-state index contributed by atoms with van der Waals surface area (Å²) in [5.41, 5.74) is 0.388. The fourth-order valence-corrected chi connectivity index (χ4v) is 5.35. The van der Waals surface area contributed by atoms with Crippen molar-refractivity contribution in [1.82, 2.24) is 18.3 Å². The lowest BCUT2D eigenvalue weighted by Crippen LogP contribution is -2.34. The number of aromatic nitrogens is 4. The Morgan fingerprint density at radius 3 is 1.39 bits per heavy atom. The summed E-state index contributed by atoms with van der Waals surface area (Å²) in [5, 5.41) is 22.7. The molecule has 0 radical (unpaired) electrons. The molecule has 11 heteroatoms. The lowest BCUT2D eigenvalue weighted by atomic mass is 9.86. The molecule has 3 aromatic rings. The van der Waals surface area contributed by atoms with Gasteiger partial charge >= 0.3 is 0 Å². The van der Waals surface area contributed by atoms with E-state index in [1.807, 2.05) is 45.0 Å². The van der Waals surface area contributed by atoms with Crippen LogP contribution in [0.4, 0.5) is 5.69 Å². The van der Waals surface area contributed by atoms with E-state index in [1.54, 1.807) is 26.0 Å². The third-order valence-electron chi connectivity index (χ3n) is 6.45. The van der Waals surface area contributed by atoms with E-state index in [-0.39, 0.29) is 45.5 Å². The van der Waals surface area contributed by atoms with E-state index in [0.717, 1.165) is 5.69 Å². The Morgan fingerprint density at radius 1 is 0.722 bits per heavy atom. The van der Waals surface area contributed by atoms with Gasteiger partial charge in [-0.2, -0.15) is 0 Å². The summed E-state index contributed by atoms with van der Waals surface area (Å²) >= 11 is 10.9. The van der Waals surface area contributed by atoms with E-state index in [2.05, 4.69) is 0 Å². The SMILES string of the molecule is CCn1c(O)c(C(c2ccc(N(C)C)cc2)c2c(O)n(CC)c(=S)n(CC)c2=O)c(=O)n(CC)c1=S. The van der Waals surface area contributed by atoms with Gasteiger partial charge in [-0.25, -0.2) is 0 Å². The second-order valence-corrected chi connectivity index (χ2v) is 9.28. The minimum atomic E-state index is -1.07. The second kappa shape index (κ2) is 10.8. The number of anilines is 1. The van der Waals surface area contributed by atoms with E-state index in [0.29, 0.717) is 18.7 Å². The standard InChI is InChI=1S/C25H33N5O4S2/c1-7-27-20(31)18(21(32)28(8-2)24(27)35)17(15-11-13-16(14-12-15)26(5)6)19-22(33)29(9-3)25(36)30(10-4)23(19)34/h11-14,17,31,33H,7-10H2,1-6H3. The van der Waals surface area contributed by atoms with Crippen molar-refractivity contribution in [2.45, 2.75) is 59.8 Å². The highest BCUT2D eigenvalue weighted by molar-refractivity contribution is 7.71. The van der Waals surface area contributed by atoms with Gasteiger partial charge in [0, 0.05) is 46.0 Å². The quantitative estimate of drug-likeness (QED) is 0.427. The second-order valence-electron chi connectivity index (χ2n) is 8.55. The number of aromatic hydroxyl groups is 2. The molecular formula is C25H33N5O4S2. The molecule has 0 unspecified atom stereocenters. The Morgan fingerprint density at radius 2 is 1.08 bits per heavy atom. The zero-order valence-electron chi connectivity index (χ0n) is 21.5. The summed E-state index contributed by atoms with van der Waals surface area (Å²) in [5.74, 6) is -1.73. The molecule has 0 aliphatic rings. The Hall–Kier alpha value is -3.18. The van der Waals surface area contributed by atoms with Crippen molar-refractivity contribution in [2.24, 2.45) is 0 Å². The van der Waals surface area contributed by atoms with E-state index in [4.69, 9.17) is 24.4 Å². The maximum atomic E-state index is 13.8. The summed E-state index contributed by atoms with van der Waals surface area (Å²) in [6.45, 7) is 8.39. The Balaban J connectivity index is 2.59. The molecule has 36 heavy (non-hydrogen) atoms. The van der Waals surface area contributed by atoms with Gasteiger partial charge in [-0.1, -0.05) is 12.1 Å². The van der Waals surface area contributed by atoms with E-state index >= 15 is 0 Å². The molecule has 0 fully saturated rings. The summed E-state index contributed by atoms with van der Waals surface area (Å²) < 4.78 is 6.07. The predicted molar refractivity (Wildman–Crippen MR) is 147 cm³/mol. The van der Waals surface area contributed by atoms with Crippen LogP contribution >= 0.6 is 24.4 Å². The van der Waals surface area contributed by atoms with Crippen LogP contribution in [0.3, 0.4) is 0 Å². The Bertz CT molecular complexity index is 1420. The molecular weight excluding hydrogens is 498 g/mol. The number of benzene rings is 1. The third kappa shape index (κ3) is 4.41. The Kier molecular flexibility index (Phi) is 8.25. The molecule has 0 amide bonds. The monoisotopic (exact) mass is 531 g/mol. The van der Waals surface area contributed by atoms with Gasteiger partial charge in [-0.15, -0.1) is 0 Å². The molecule has 0 aliphatic carbocycles. The van der Waals surface area contributed by atoms with Crippen molar-refractivity contribution < 1.29 is 10.2 Å². The minimum absolute atomic E-state index is 0.0280. The third-order valence-corrected chi connectivity index (χ3v) is 7.33. The highest BCUT2D eigenvalue weighted by Gasteiger charge is 2.33. The summed E-state index contributed by atoms with van der Waals surface area (Å²) in [6.07, 6.45) is 0. The zero-order chi connectivity index (χ0) is 26.9. The first-order chi connectivity index (χ1) is 17.0. The molecule has 0 atom stereocenters. The predicted octanol–water partition coefficient (Wildman–Crippen LogP) is 3.81. The zero-order valence-corrected chi connectivity index (χ0v) is 23.1. The molecule has 2 N–H and O–H groups in total. The van der Waals surface area contributed by atoms with Gasteiger partial charge < -0.3 is 15.1 Å². The summed E-state index contributed by atoms with van der Waals surface area (Å²) in [7, 11) is 3.81. The number of rotatable bonds is 8. The molecule has 0 saturated carbocycles. The smallest absolute Gasteiger partial charge is 0.262 e. The van der Waals surface area contributed by atoms with Crippen LogP contribution in [0.25, 0.3) is 0 Å². The lowest BCUT2D eigenvalue weighted by molar-refractivity contribution is 0.380. The molecule has 0 saturated heterocycles. The number of hydrogen-bond donors (Lipinski definition) is 2. The fraction of sp³-hybridized carbons (Fsp3) is 0.440. The van der Waals surface area contributed by atoms with Gasteiger partial charge in [0.25, 0.3) is 11.1 Å². The lowest BCUT2D eigenvalue weighted by Gasteiger charge is -2.25. The first kappa shape index (κ1) is 27.4. The Labute approximate surface area is 220 Å². The maximum absolute atomic E-state index is 13.8. The van der Waals surface area contributed by atoms with Crippen LogP contribution in [0.2, 0.25) is 0 Å². The fourth-order valence-electron chi connectivity index (χ4n) is 4.49. The van der Waals surface area contributed by atoms with Gasteiger partial charge in [0.1, 0.15) is 0 Å². The van der Waals surface area contributed by atoms with Crippen LogP contribution in [-0.4, -0.2) is 42.6 Å². The van der Waals surface area contributed by atoms with Crippen LogP contribution in [0, 0.1) is 9.54 Å². The topological polar surface area (TPSA) is 97.6 Å². The van der Waals surface area contributed by atoms with Gasteiger partial charge in [-0.05, 0) is 69.8 Å². The highest BCUT2D eigenvalue weighted by Crippen LogP contribution is 2.38. The normalized spacial score (nSPS) is 11.3. The molecule has 3 rings (SSSR count). The molecule has 0 aliphatic heterocycles. The number of nitrogens with zero attached hydrogens (tertiary/aromatic N) is 5. The number of hydrogen-bond acceptors (Lipinski definition) is 7. The molecule has 9 nitrogen and oxygen atoms in total. The summed E-state index contributed by atoms with van der Waals surface area (Å²) in [4.78, 5) is 29.5. The van der Waals surface area contributed by atoms with Crippen LogP contribution in [0.15, 0.2) is 33.9 Å². The first-order valence-corrected chi connectivity index (χ1v) is 12.8. The molecule has 0 bridgehead atoms. The first-order valence-electron chi connectivity index (χ1n) is 12.0. The highest BCUT2D eigenvalue weighted by atomic mass is 32.1. The van der Waals surface area contributed by atoms with Crippen LogP contribution in [-0.2, 0) is 26.2 Å². The summed E-state index contributed by atoms with van der Waals surface area (Å²) in [6, 6.07) is 7.30. The maximum Gasteiger partial charge on any atom is 0.262 e. The average Bonchev–Trinajstić information content (AvgIpc) is 2.84. The molecule has 0 spiro atoms. The van der Waals surface area contributed by atoms with E-state index in [1.165, 1.54) is 18.3 Å². The van der Waals surface area contributed by atoms with Crippen LogP contribution in [0.5, 0.6) is 11.8 Å². The molecule has 2 aromatic heterocycles. The van der Waals surface area contributed by atoms with Crippen molar-refractivity contribution in [3.63, 3.8) is 0 Å². The van der Waals surface area contributed by atoms with Crippen molar-refractivity contribution in [2.75, 3.05) is 19.0 Å². The van der Waals surface area contributed by atoms with Crippen molar-refractivity contribution in [3.05, 3.63) is 71.2 Å². The van der Waals surface area contributed by atoms with Crippen molar-refractivity contribution >= 4 is 30.1 Å². The van der Waals surface area contributed by atoms with Crippen LogP contribution in [0.1, 0.15) is 50.3 Å². The van der Waals surface area contributed by atoms with Crippen molar-refractivity contribution in [3.8, 4) is 11.8 Å². The molecule has 2 heterocycles. The van der Waals surface area contributed by atoms with Crippen molar-refractivity contribution in [1.29, 1.82) is 0 Å². The average molecular weight is 532 g/mol. The van der Waals surface area contributed by atoms with E-state index in [9.17, 15) is 19.8 Å².